The zero-order chi connectivity index (χ0) is 14.5. The molecule has 1 fully saturated rings. The van der Waals surface area contributed by atoms with Crippen molar-refractivity contribution in [2.75, 3.05) is 13.2 Å². The number of carbonyl (C=O) groups excluding carboxylic acids is 2. The highest BCUT2D eigenvalue weighted by molar-refractivity contribution is 5.87. The van der Waals surface area contributed by atoms with Crippen LogP contribution in [-0.2, 0) is 19.1 Å². The molecule has 1 saturated carbocycles. The Bertz CT molecular complexity index is 361. The molecule has 1 amide bonds. The van der Waals surface area contributed by atoms with Gasteiger partial charge in [-0.3, -0.25) is 4.79 Å². The van der Waals surface area contributed by atoms with Gasteiger partial charge in [0.25, 0.3) is 0 Å². The Hall–Kier alpha value is -1.79. The molecule has 108 valence electrons. The standard InChI is InChI=1S/C12H19NO6/c1-8(2)7-9(14)18-5-6-19-11(17)13-12(3-4-12)10(15)16/h8H,3-7H2,1-2H3,(H,13,17)(H,15,16). The van der Waals surface area contributed by atoms with E-state index in [1.54, 1.807) is 0 Å². The SMILES string of the molecule is CC(C)CC(=O)OCCOC(=O)NC1(C(=O)O)CC1. The van der Waals surface area contributed by atoms with E-state index in [2.05, 4.69) is 5.32 Å². The average molecular weight is 273 g/mol. The fourth-order valence-electron chi connectivity index (χ4n) is 1.43. The van der Waals surface area contributed by atoms with E-state index in [-0.39, 0.29) is 25.1 Å². The van der Waals surface area contributed by atoms with Gasteiger partial charge in [0.2, 0.25) is 0 Å². The van der Waals surface area contributed by atoms with Gasteiger partial charge in [-0.05, 0) is 18.8 Å². The molecular formula is C12H19NO6. The molecule has 0 spiro atoms. The molecule has 0 aromatic rings. The number of carbonyl (C=O) groups is 3. The van der Waals surface area contributed by atoms with Crippen molar-refractivity contribution in [2.24, 2.45) is 5.92 Å². The van der Waals surface area contributed by atoms with Gasteiger partial charge in [0, 0.05) is 6.42 Å². The lowest BCUT2D eigenvalue weighted by Crippen LogP contribution is -2.43. The van der Waals surface area contributed by atoms with Gasteiger partial charge < -0.3 is 19.9 Å². The van der Waals surface area contributed by atoms with E-state index in [1.807, 2.05) is 13.8 Å². The molecule has 0 saturated heterocycles. The van der Waals surface area contributed by atoms with E-state index in [0.717, 1.165) is 0 Å². The Morgan fingerprint density at radius 2 is 1.79 bits per heavy atom. The van der Waals surface area contributed by atoms with Crippen molar-refractivity contribution in [1.29, 1.82) is 0 Å². The molecule has 7 heteroatoms. The maximum atomic E-state index is 11.3. The van der Waals surface area contributed by atoms with Gasteiger partial charge in [-0.2, -0.15) is 0 Å². The summed E-state index contributed by atoms with van der Waals surface area (Å²) in [4.78, 5) is 33.3. The monoisotopic (exact) mass is 273 g/mol. The first kappa shape index (κ1) is 15.3. The van der Waals surface area contributed by atoms with E-state index in [1.165, 1.54) is 0 Å². The molecule has 0 atom stereocenters. The number of esters is 1. The molecule has 0 aliphatic heterocycles. The number of hydrogen-bond donors (Lipinski definition) is 2. The molecule has 0 heterocycles. The number of rotatable bonds is 7. The van der Waals surface area contributed by atoms with Crippen LogP contribution >= 0.6 is 0 Å². The van der Waals surface area contributed by atoms with E-state index in [9.17, 15) is 14.4 Å². The Labute approximate surface area is 111 Å². The molecule has 1 aliphatic rings. The van der Waals surface area contributed by atoms with Gasteiger partial charge in [0.05, 0.1) is 0 Å². The summed E-state index contributed by atoms with van der Waals surface area (Å²) in [5.41, 5.74) is -1.16. The topological polar surface area (TPSA) is 102 Å². The molecular weight excluding hydrogens is 254 g/mol. The van der Waals surface area contributed by atoms with E-state index in [0.29, 0.717) is 19.3 Å². The number of amides is 1. The first-order valence-electron chi connectivity index (χ1n) is 6.20. The van der Waals surface area contributed by atoms with Crippen molar-refractivity contribution in [3.63, 3.8) is 0 Å². The number of ether oxygens (including phenoxy) is 2. The predicted molar refractivity (Wildman–Crippen MR) is 64.5 cm³/mol. The smallest absolute Gasteiger partial charge is 0.408 e. The van der Waals surface area contributed by atoms with Gasteiger partial charge in [-0.15, -0.1) is 0 Å². The van der Waals surface area contributed by atoms with Crippen molar-refractivity contribution in [3.8, 4) is 0 Å². The number of hydrogen-bond acceptors (Lipinski definition) is 5. The van der Waals surface area contributed by atoms with Crippen LogP contribution in [0.2, 0.25) is 0 Å². The van der Waals surface area contributed by atoms with Gasteiger partial charge in [0.15, 0.2) is 0 Å². The molecule has 7 nitrogen and oxygen atoms in total. The molecule has 1 aliphatic carbocycles. The molecule has 0 aromatic heterocycles. The summed E-state index contributed by atoms with van der Waals surface area (Å²) in [7, 11) is 0. The third kappa shape index (κ3) is 5.15. The largest absolute Gasteiger partial charge is 0.480 e. The highest BCUT2D eigenvalue weighted by Crippen LogP contribution is 2.35. The lowest BCUT2D eigenvalue weighted by atomic mass is 10.1. The summed E-state index contributed by atoms with van der Waals surface area (Å²) in [6.07, 6.45) is 0.315. The van der Waals surface area contributed by atoms with Crippen molar-refractivity contribution < 1.29 is 29.0 Å². The van der Waals surface area contributed by atoms with Crippen LogP contribution in [0.4, 0.5) is 4.79 Å². The molecule has 0 unspecified atom stereocenters. The summed E-state index contributed by atoms with van der Waals surface area (Å²) >= 11 is 0. The van der Waals surface area contributed by atoms with Gasteiger partial charge >= 0.3 is 18.0 Å². The Kier molecular flexibility index (Phi) is 5.14. The van der Waals surface area contributed by atoms with E-state index in [4.69, 9.17) is 14.6 Å². The van der Waals surface area contributed by atoms with E-state index >= 15 is 0 Å². The maximum Gasteiger partial charge on any atom is 0.408 e. The number of aliphatic carboxylic acids is 1. The minimum absolute atomic E-state index is 0.0287. The minimum atomic E-state index is -1.16. The summed E-state index contributed by atoms with van der Waals surface area (Å²) in [5, 5.41) is 11.1. The lowest BCUT2D eigenvalue weighted by Gasteiger charge is -2.12. The van der Waals surface area contributed by atoms with Gasteiger partial charge in [0.1, 0.15) is 18.8 Å². The third-order valence-electron chi connectivity index (χ3n) is 2.66. The van der Waals surface area contributed by atoms with Crippen LogP contribution in [0.25, 0.3) is 0 Å². The number of carboxylic acid groups (broad SMARTS) is 1. The van der Waals surface area contributed by atoms with Crippen LogP contribution in [0.15, 0.2) is 0 Å². The molecule has 0 bridgehead atoms. The summed E-state index contributed by atoms with van der Waals surface area (Å²) in [5.74, 6) is -1.20. The quantitative estimate of drug-likeness (QED) is 0.528. The second kappa shape index (κ2) is 6.40. The predicted octanol–water partition coefficient (Wildman–Crippen LogP) is 0.919. The molecule has 19 heavy (non-hydrogen) atoms. The number of nitrogens with one attached hydrogen (secondary N) is 1. The van der Waals surface area contributed by atoms with Crippen LogP contribution < -0.4 is 5.32 Å². The van der Waals surface area contributed by atoms with E-state index < -0.39 is 17.6 Å². The van der Waals surface area contributed by atoms with Gasteiger partial charge in [-0.1, -0.05) is 13.8 Å². The molecule has 2 N–H and O–H groups in total. The Morgan fingerprint density at radius 3 is 2.26 bits per heavy atom. The van der Waals surface area contributed by atoms with Crippen LogP contribution in [0.3, 0.4) is 0 Å². The first-order chi connectivity index (χ1) is 8.85. The Morgan fingerprint density at radius 1 is 1.21 bits per heavy atom. The van der Waals surface area contributed by atoms with Crippen LogP contribution in [0.1, 0.15) is 33.1 Å². The Balaban J connectivity index is 2.11. The molecule has 1 rings (SSSR count). The maximum absolute atomic E-state index is 11.3. The zero-order valence-electron chi connectivity index (χ0n) is 11.1. The molecule has 0 radical (unpaired) electrons. The highest BCUT2D eigenvalue weighted by atomic mass is 16.6. The van der Waals surface area contributed by atoms with Crippen molar-refractivity contribution >= 4 is 18.0 Å². The second-order valence-electron chi connectivity index (χ2n) is 4.97. The lowest BCUT2D eigenvalue weighted by molar-refractivity contribution is -0.145. The van der Waals surface area contributed by atoms with Crippen LogP contribution in [0, 0.1) is 5.92 Å². The van der Waals surface area contributed by atoms with Crippen LogP contribution in [0.5, 0.6) is 0 Å². The summed E-state index contributed by atoms with van der Waals surface area (Å²) in [6, 6.07) is 0. The van der Waals surface area contributed by atoms with Crippen LogP contribution in [-0.4, -0.2) is 41.9 Å². The number of carboxylic acids is 1. The van der Waals surface area contributed by atoms with Crippen molar-refractivity contribution in [1.82, 2.24) is 5.32 Å². The second-order valence-corrected chi connectivity index (χ2v) is 4.97. The molecule has 0 aromatic carbocycles. The first-order valence-corrected chi connectivity index (χ1v) is 6.20. The minimum Gasteiger partial charge on any atom is -0.480 e. The van der Waals surface area contributed by atoms with Gasteiger partial charge in [-0.25, -0.2) is 9.59 Å². The average Bonchev–Trinajstić information content (AvgIpc) is 3.04. The van der Waals surface area contributed by atoms with Crippen molar-refractivity contribution in [2.45, 2.75) is 38.6 Å². The summed E-state index contributed by atoms with van der Waals surface area (Å²) in [6.45, 7) is 3.67. The zero-order valence-corrected chi connectivity index (χ0v) is 11.1. The highest BCUT2D eigenvalue weighted by Gasteiger charge is 2.52. The van der Waals surface area contributed by atoms with Crippen molar-refractivity contribution in [3.05, 3.63) is 0 Å². The fourth-order valence-corrected chi connectivity index (χ4v) is 1.43. The fraction of sp³-hybridized carbons (Fsp3) is 0.750. The normalized spacial score (nSPS) is 15.7. The number of alkyl carbamates (subject to hydrolysis) is 1. The summed E-state index contributed by atoms with van der Waals surface area (Å²) < 4.78 is 9.57. The third-order valence-corrected chi connectivity index (χ3v) is 2.66.